The predicted molar refractivity (Wildman–Crippen MR) is 63.7 cm³/mol. The zero-order valence-corrected chi connectivity index (χ0v) is 10.5. The van der Waals surface area contributed by atoms with Gasteiger partial charge in [0.05, 0.1) is 25.9 Å². The summed E-state index contributed by atoms with van der Waals surface area (Å²) in [6.45, 7) is 5.54. The second kappa shape index (κ2) is 5.80. The Labute approximate surface area is 102 Å². The smallest absolute Gasteiger partial charge is 0.236 e. The largest absolute Gasteiger partial charge is 0.395 e. The number of amides is 1. The van der Waals surface area contributed by atoms with E-state index >= 15 is 0 Å². The molecular formula is C12H22N2O3. The number of morpholine rings is 1. The molecular weight excluding hydrogens is 220 g/mol. The average molecular weight is 242 g/mol. The van der Waals surface area contributed by atoms with Crippen molar-refractivity contribution in [1.29, 1.82) is 0 Å². The van der Waals surface area contributed by atoms with Crippen LogP contribution in [0.4, 0.5) is 0 Å². The van der Waals surface area contributed by atoms with Crippen molar-refractivity contribution in [2.75, 3.05) is 39.4 Å². The molecule has 2 saturated heterocycles. The number of rotatable bonds is 3. The van der Waals surface area contributed by atoms with Crippen molar-refractivity contribution in [1.82, 2.24) is 9.80 Å². The molecule has 5 heteroatoms. The topological polar surface area (TPSA) is 53.0 Å². The molecule has 0 spiro atoms. The summed E-state index contributed by atoms with van der Waals surface area (Å²) in [5.41, 5.74) is 0. The molecule has 1 N–H and O–H groups in total. The first kappa shape index (κ1) is 12.8. The molecule has 2 heterocycles. The van der Waals surface area contributed by atoms with E-state index in [0.29, 0.717) is 26.2 Å². The molecule has 98 valence electrons. The highest BCUT2D eigenvalue weighted by Gasteiger charge is 2.28. The lowest BCUT2D eigenvalue weighted by molar-refractivity contribution is -0.139. The Bertz CT molecular complexity index is 272. The number of carbonyl (C=O) groups is 1. The monoisotopic (exact) mass is 242 g/mol. The van der Waals surface area contributed by atoms with Gasteiger partial charge >= 0.3 is 0 Å². The second-order valence-electron chi connectivity index (χ2n) is 4.97. The highest BCUT2D eigenvalue weighted by atomic mass is 16.5. The summed E-state index contributed by atoms with van der Waals surface area (Å²) >= 11 is 0. The van der Waals surface area contributed by atoms with Crippen LogP contribution in [0, 0.1) is 0 Å². The van der Waals surface area contributed by atoms with Gasteiger partial charge in [-0.1, -0.05) is 0 Å². The minimum Gasteiger partial charge on any atom is -0.395 e. The summed E-state index contributed by atoms with van der Waals surface area (Å²) < 4.78 is 5.42. The molecule has 0 aromatic carbocycles. The molecule has 2 fully saturated rings. The Balaban J connectivity index is 1.83. The third-order valence-corrected chi connectivity index (χ3v) is 3.64. The third-order valence-electron chi connectivity index (χ3n) is 3.64. The fraction of sp³-hybridized carbons (Fsp3) is 0.917. The van der Waals surface area contributed by atoms with Crippen LogP contribution in [0.2, 0.25) is 0 Å². The Morgan fingerprint density at radius 3 is 3.00 bits per heavy atom. The van der Waals surface area contributed by atoms with Crippen LogP contribution in [0.5, 0.6) is 0 Å². The van der Waals surface area contributed by atoms with Gasteiger partial charge in [-0.05, 0) is 26.3 Å². The van der Waals surface area contributed by atoms with Crippen LogP contribution in [0.1, 0.15) is 19.8 Å². The SMILES string of the molecule is CC1CN(C(=O)CN2CCCC2CO)CCO1. The first-order chi connectivity index (χ1) is 8.20. The molecule has 2 unspecified atom stereocenters. The zero-order chi connectivity index (χ0) is 12.3. The van der Waals surface area contributed by atoms with Crippen LogP contribution < -0.4 is 0 Å². The van der Waals surface area contributed by atoms with E-state index in [4.69, 9.17) is 4.74 Å². The van der Waals surface area contributed by atoms with Gasteiger partial charge in [0.25, 0.3) is 0 Å². The molecule has 2 aliphatic rings. The number of carbonyl (C=O) groups excluding carboxylic acids is 1. The minimum absolute atomic E-state index is 0.139. The van der Waals surface area contributed by atoms with Gasteiger partial charge in [-0.15, -0.1) is 0 Å². The maximum absolute atomic E-state index is 12.1. The molecule has 2 aliphatic heterocycles. The Kier molecular flexibility index (Phi) is 4.36. The van der Waals surface area contributed by atoms with Crippen LogP contribution in [0.3, 0.4) is 0 Å². The van der Waals surface area contributed by atoms with E-state index < -0.39 is 0 Å². The lowest BCUT2D eigenvalue weighted by Gasteiger charge is -2.33. The van der Waals surface area contributed by atoms with E-state index in [-0.39, 0.29) is 24.7 Å². The van der Waals surface area contributed by atoms with Gasteiger partial charge in [-0.25, -0.2) is 0 Å². The summed E-state index contributed by atoms with van der Waals surface area (Å²) in [7, 11) is 0. The Morgan fingerprint density at radius 2 is 2.29 bits per heavy atom. The van der Waals surface area contributed by atoms with Crippen molar-refractivity contribution < 1.29 is 14.6 Å². The molecule has 0 bridgehead atoms. The molecule has 2 rings (SSSR count). The summed E-state index contributed by atoms with van der Waals surface area (Å²) in [5.74, 6) is 0.167. The zero-order valence-electron chi connectivity index (χ0n) is 10.5. The van der Waals surface area contributed by atoms with Crippen molar-refractivity contribution in [3.8, 4) is 0 Å². The number of ether oxygens (including phenoxy) is 1. The van der Waals surface area contributed by atoms with Gasteiger partial charge in [0, 0.05) is 19.1 Å². The lowest BCUT2D eigenvalue weighted by atomic mass is 10.2. The summed E-state index contributed by atoms with van der Waals surface area (Å²) in [6.07, 6.45) is 2.22. The van der Waals surface area contributed by atoms with E-state index in [2.05, 4.69) is 4.90 Å². The number of aliphatic hydroxyl groups excluding tert-OH is 1. The first-order valence-corrected chi connectivity index (χ1v) is 6.45. The number of hydrogen-bond acceptors (Lipinski definition) is 4. The van der Waals surface area contributed by atoms with E-state index in [1.807, 2.05) is 11.8 Å². The van der Waals surface area contributed by atoms with Crippen LogP contribution in [-0.2, 0) is 9.53 Å². The quantitative estimate of drug-likeness (QED) is 0.737. The van der Waals surface area contributed by atoms with Crippen LogP contribution in [0.25, 0.3) is 0 Å². The van der Waals surface area contributed by atoms with Gasteiger partial charge in [-0.2, -0.15) is 0 Å². The van der Waals surface area contributed by atoms with Crippen molar-refractivity contribution in [2.24, 2.45) is 0 Å². The second-order valence-corrected chi connectivity index (χ2v) is 4.97. The lowest BCUT2D eigenvalue weighted by Crippen LogP contribution is -2.49. The Morgan fingerprint density at radius 1 is 1.47 bits per heavy atom. The van der Waals surface area contributed by atoms with E-state index in [0.717, 1.165) is 19.4 Å². The van der Waals surface area contributed by atoms with Crippen molar-refractivity contribution in [3.05, 3.63) is 0 Å². The predicted octanol–water partition coefficient (Wildman–Crippen LogP) is -0.310. The number of aliphatic hydroxyl groups is 1. The highest BCUT2D eigenvalue weighted by molar-refractivity contribution is 5.78. The van der Waals surface area contributed by atoms with E-state index in [1.165, 1.54) is 0 Å². The van der Waals surface area contributed by atoms with Gasteiger partial charge in [-0.3, -0.25) is 9.69 Å². The molecule has 0 aromatic heterocycles. The molecule has 17 heavy (non-hydrogen) atoms. The van der Waals surface area contributed by atoms with Gasteiger partial charge in [0.1, 0.15) is 0 Å². The summed E-state index contributed by atoms with van der Waals surface area (Å²) in [5, 5.41) is 9.22. The average Bonchev–Trinajstić information content (AvgIpc) is 2.76. The van der Waals surface area contributed by atoms with Crippen molar-refractivity contribution in [2.45, 2.75) is 31.9 Å². The molecule has 2 atom stereocenters. The van der Waals surface area contributed by atoms with Gasteiger partial charge < -0.3 is 14.7 Å². The maximum Gasteiger partial charge on any atom is 0.236 e. The Hall–Kier alpha value is -0.650. The molecule has 0 aliphatic carbocycles. The summed E-state index contributed by atoms with van der Waals surface area (Å²) in [4.78, 5) is 16.1. The van der Waals surface area contributed by atoms with Crippen molar-refractivity contribution >= 4 is 5.91 Å². The van der Waals surface area contributed by atoms with Crippen LogP contribution in [0.15, 0.2) is 0 Å². The van der Waals surface area contributed by atoms with Crippen LogP contribution >= 0.6 is 0 Å². The van der Waals surface area contributed by atoms with Crippen molar-refractivity contribution in [3.63, 3.8) is 0 Å². The fourth-order valence-corrected chi connectivity index (χ4v) is 2.63. The van der Waals surface area contributed by atoms with E-state index in [1.54, 1.807) is 0 Å². The normalized spacial score (nSPS) is 30.8. The molecule has 0 radical (unpaired) electrons. The van der Waals surface area contributed by atoms with Gasteiger partial charge in [0.15, 0.2) is 0 Å². The molecule has 0 saturated carbocycles. The standard InChI is InChI=1S/C12H22N2O3/c1-10-7-14(5-6-17-10)12(16)8-13-4-2-3-11(13)9-15/h10-11,15H,2-9H2,1H3. The van der Waals surface area contributed by atoms with Crippen LogP contribution in [-0.4, -0.2) is 72.4 Å². The fourth-order valence-electron chi connectivity index (χ4n) is 2.63. The number of nitrogens with zero attached hydrogens (tertiary/aromatic N) is 2. The number of hydrogen-bond donors (Lipinski definition) is 1. The molecule has 5 nitrogen and oxygen atoms in total. The van der Waals surface area contributed by atoms with Gasteiger partial charge in [0.2, 0.25) is 5.91 Å². The molecule has 1 amide bonds. The van der Waals surface area contributed by atoms with E-state index in [9.17, 15) is 9.90 Å². The maximum atomic E-state index is 12.1. The number of likely N-dealkylation sites (tertiary alicyclic amines) is 1. The molecule has 0 aromatic rings. The highest BCUT2D eigenvalue weighted by Crippen LogP contribution is 2.16. The summed E-state index contributed by atoms with van der Waals surface area (Å²) in [6, 6.07) is 0.178. The minimum atomic E-state index is 0.139. The third kappa shape index (κ3) is 3.18. The first-order valence-electron chi connectivity index (χ1n) is 6.45.